The number of anilines is 2. The molecule has 22 heavy (non-hydrogen) atoms. The molecule has 0 saturated carbocycles. The van der Waals surface area contributed by atoms with Gasteiger partial charge in [0.15, 0.2) is 5.82 Å². The lowest BCUT2D eigenvalue weighted by Gasteiger charge is -2.21. The second-order valence-electron chi connectivity index (χ2n) is 7.30. The maximum absolute atomic E-state index is 6.17. The molecule has 0 aliphatic heterocycles. The fourth-order valence-corrected chi connectivity index (χ4v) is 1.67. The van der Waals surface area contributed by atoms with E-state index in [-0.39, 0.29) is 5.41 Å². The SMILES string of the molecule is CC(C)COc1nc(C(C)(C)C)nc(NCCN(C)C)c1N. The van der Waals surface area contributed by atoms with E-state index in [1.807, 2.05) is 14.1 Å². The molecule has 0 amide bonds. The molecular formula is C16H31N5O. The summed E-state index contributed by atoms with van der Waals surface area (Å²) in [6.45, 7) is 12.7. The molecule has 126 valence electrons. The van der Waals surface area contributed by atoms with Gasteiger partial charge in [0.05, 0.1) is 6.61 Å². The summed E-state index contributed by atoms with van der Waals surface area (Å²) in [5, 5.41) is 3.29. The number of aromatic nitrogens is 2. The minimum absolute atomic E-state index is 0.165. The number of ether oxygens (including phenoxy) is 1. The average Bonchev–Trinajstić information content (AvgIpc) is 2.37. The van der Waals surface area contributed by atoms with Crippen LogP contribution in [0, 0.1) is 5.92 Å². The molecule has 0 radical (unpaired) electrons. The third-order valence-electron chi connectivity index (χ3n) is 2.99. The Morgan fingerprint density at radius 1 is 1.23 bits per heavy atom. The van der Waals surface area contributed by atoms with Crippen LogP contribution in [0.15, 0.2) is 0 Å². The van der Waals surface area contributed by atoms with E-state index < -0.39 is 0 Å². The first-order chi connectivity index (χ1) is 10.1. The lowest BCUT2D eigenvalue weighted by atomic mass is 9.96. The van der Waals surface area contributed by atoms with Crippen LogP contribution >= 0.6 is 0 Å². The van der Waals surface area contributed by atoms with Gasteiger partial charge in [0.25, 0.3) is 0 Å². The number of nitrogens with zero attached hydrogens (tertiary/aromatic N) is 3. The zero-order valence-electron chi connectivity index (χ0n) is 15.0. The van der Waals surface area contributed by atoms with Gasteiger partial charge in [0, 0.05) is 18.5 Å². The first kappa shape index (κ1) is 18.5. The first-order valence-corrected chi connectivity index (χ1v) is 7.80. The molecule has 1 heterocycles. The molecule has 1 rings (SSSR count). The van der Waals surface area contributed by atoms with Crippen molar-refractivity contribution in [1.29, 1.82) is 0 Å². The molecule has 0 spiro atoms. The van der Waals surface area contributed by atoms with Crippen molar-refractivity contribution in [2.45, 2.75) is 40.0 Å². The van der Waals surface area contributed by atoms with Crippen molar-refractivity contribution in [3.8, 4) is 5.88 Å². The minimum atomic E-state index is -0.165. The summed E-state index contributed by atoms with van der Waals surface area (Å²) in [5.74, 6) is 2.27. The van der Waals surface area contributed by atoms with Gasteiger partial charge in [-0.25, -0.2) is 4.98 Å². The van der Waals surface area contributed by atoms with Crippen molar-refractivity contribution in [2.75, 3.05) is 44.8 Å². The van der Waals surface area contributed by atoms with Crippen molar-refractivity contribution >= 4 is 11.5 Å². The summed E-state index contributed by atoms with van der Waals surface area (Å²) < 4.78 is 5.78. The molecule has 0 bridgehead atoms. The van der Waals surface area contributed by atoms with Gasteiger partial charge in [-0.15, -0.1) is 0 Å². The third-order valence-corrected chi connectivity index (χ3v) is 2.99. The van der Waals surface area contributed by atoms with Crippen LogP contribution in [0.25, 0.3) is 0 Å². The fraction of sp³-hybridized carbons (Fsp3) is 0.750. The molecule has 0 fully saturated rings. The zero-order valence-corrected chi connectivity index (χ0v) is 15.0. The number of nitrogens with two attached hydrogens (primary N) is 1. The molecule has 1 aromatic heterocycles. The molecule has 1 aromatic rings. The van der Waals surface area contributed by atoms with Crippen LogP contribution in [-0.2, 0) is 5.41 Å². The van der Waals surface area contributed by atoms with Crippen LogP contribution in [-0.4, -0.2) is 48.7 Å². The number of rotatable bonds is 7. The molecule has 3 N–H and O–H groups in total. The molecule has 0 aliphatic carbocycles. The number of nitrogen functional groups attached to an aromatic ring is 1. The molecule has 0 saturated heterocycles. The van der Waals surface area contributed by atoms with Crippen molar-refractivity contribution < 1.29 is 4.74 Å². The Morgan fingerprint density at radius 3 is 2.36 bits per heavy atom. The van der Waals surface area contributed by atoms with Gasteiger partial charge in [-0.1, -0.05) is 34.6 Å². The zero-order chi connectivity index (χ0) is 16.9. The second kappa shape index (κ2) is 7.63. The van der Waals surface area contributed by atoms with Gasteiger partial charge < -0.3 is 20.7 Å². The average molecular weight is 309 g/mol. The van der Waals surface area contributed by atoms with Crippen molar-refractivity contribution in [1.82, 2.24) is 14.9 Å². The minimum Gasteiger partial charge on any atom is -0.476 e. The van der Waals surface area contributed by atoms with Gasteiger partial charge >= 0.3 is 0 Å². The highest BCUT2D eigenvalue weighted by Crippen LogP contribution is 2.30. The molecular weight excluding hydrogens is 278 g/mol. The highest BCUT2D eigenvalue weighted by atomic mass is 16.5. The summed E-state index contributed by atoms with van der Waals surface area (Å²) in [6.07, 6.45) is 0. The fourth-order valence-electron chi connectivity index (χ4n) is 1.67. The standard InChI is InChI=1S/C16H31N5O/c1-11(2)10-22-14-12(17)13(18-8-9-21(6)7)19-15(20-14)16(3,4)5/h11H,8-10,17H2,1-7H3,(H,18,19,20). The highest BCUT2D eigenvalue weighted by molar-refractivity contribution is 5.67. The molecule has 0 atom stereocenters. The van der Waals surface area contributed by atoms with E-state index in [0.717, 1.165) is 18.9 Å². The Bertz CT molecular complexity index is 480. The van der Waals surface area contributed by atoms with E-state index in [1.54, 1.807) is 0 Å². The Hall–Kier alpha value is -1.56. The van der Waals surface area contributed by atoms with Crippen LogP contribution in [0.3, 0.4) is 0 Å². The van der Waals surface area contributed by atoms with Gasteiger partial charge in [0.2, 0.25) is 5.88 Å². The highest BCUT2D eigenvalue weighted by Gasteiger charge is 2.22. The van der Waals surface area contributed by atoms with Crippen LogP contribution < -0.4 is 15.8 Å². The maximum Gasteiger partial charge on any atom is 0.242 e. The largest absolute Gasteiger partial charge is 0.476 e. The van der Waals surface area contributed by atoms with E-state index in [4.69, 9.17) is 10.5 Å². The lowest BCUT2D eigenvalue weighted by molar-refractivity contribution is 0.260. The lowest BCUT2D eigenvalue weighted by Crippen LogP contribution is -2.24. The molecule has 0 aromatic carbocycles. The second-order valence-corrected chi connectivity index (χ2v) is 7.30. The number of hydrogen-bond donors (Lipinski definition) is 2. The van der Waals surface area contributed by atoms with Gasteiger partial charge in [-0.05, 0) is 20.0 Å². The van der Waals surface area contributed by atoms with Crippen LogP contribution in [0.5, 0.6) is 5.88 Å². The molecule has 0 aliphatic rings. The maximum atomic E-state index is 6.17. The van der Waals surface area contributed by atoms with Crippen LogP contribution in [0.4, 0.5) is 11.5 Å². The monoisotopic (exact) mass is 309 g/mol. The topological polar surface area (TPSA) is 76.3 Å². The van der Waals surface area contributed by atoms with Crippen molar-refractivity contribution in [3.63, 3.8) is 0 Å². The first-order valence-electron chi connectivity index (χ1n) is 7.80. The van der Waals surface area contributed by atoms with Gasteiger partial charge in [-0.3, -0.25) is 0 Å². The Labute approximate surface area is 134 Å². The van der Waals surface area contributed by atoms with Gasteiger partial charge in [-0.2, -0.15) is 4.98 Å². The number of hydrogen-bond acceptors (Lipinski definition) is 6. The Morgan fingerprint density at radius 2 is 1.86 bits per heavy atom. The van der Waals surface area contributed by atoms with Crippen LogP contribution in [0.2, 0.25) is 0 Å². The summed E-state index contributed by atoms with van der Waals surface area (Å²) >= 11 is 0. The number of nitrogens with one attached hydrogen (secondary N) is 1. The summed E-state index contributed by atoms with van der Waals surface area (Å²) in [7, 11) is 4.06. The Balaban J connectivity index is 3.04. The normalized spacial score (nSPS) is 12.0. The summed E-state index contributed by atoms with van der Waals surface area (Å²) in [4.78, 5) is 11.2. The van der Waals surface area contributed by atoms with Crippen molar-refractivity contribution in [2.24, 2.45) is 5.92 Å². The van der Waals surface area contributed by atoms with E-state index in [1.165, 1.54) is 0 Å². The smallest absolute Gasteiger partial charge is 0.242 e. The van der Waals surface area contributed by atoms with Gasteiger partial charge in [0.1, 0.15) is 11.5 Å². The predicted molar refractivity (Wildman–Crippen MR) is 92.5 cm³/mol. The quantitative estimate of drug-likeness (QED) is 0.805. The molecule has 6 heteroatoms. The summed E-state index contributed by atoms with van der Waals surface area (Å²) in [5.41, 5.74) is 6.49. The third kappa shape index (κ3) is 5.67. The van der Waals surface area contributed by atoms with E-state index in [2.05, 4.69) is 54.8 Å². The van der Waals surface area contributed by atoms with E-state index in [0.29, 0.717) is 29.9 Å². The molecule has 6 nitrogen and oxygen atoms in total. The number of likely N-dealkylation sites (N-methyl/N-ethyl adjacent to an activating group) is 1. The predicted octanol–water partition coefficient (Wildman–Crippen LogP) is 2.36. The Kier molecular flexibility index (Phi) is 6.41. The summed E-state index contributed by atoms with van der Waals surface area (Å²) in [6, 6.07) is 0. The van der Waals surface area contributed by atoms with E-state index in [9.17, 15) is 0 Å². The van der Waals surface area contributed by atoms with Crippen LogP contribution in [0.1, 0.15) is 40.4 Å². The molecule has 0 unspecified atom stereocenters. The van der Waals surface area contributed by atoms with E-state index >= 15 is 0 Å². The van der Waals surface area contributed by atoms with Crippen molar-refractivity contribution in [3.05, 3.63) is 5.82 Å².